The van der Waals surface area contributed by atoms with Gasteiger partial charge in [-0.2, -0.15) is 0 Å². The first kappa shape index (κ1) is 11.6. The van der Waals surface area contributed by atoms with Gasteiger partial charge in [0.25, 0.3) is 0 Å². The molecule has 4 nitrogen and oxygen atoms in total. The van der Waals surface area contributed by atoms with E-state index in [4.69, 9.17) is 14.2 Å². The van der Waals surface area contributed by atoms with E-state index < -0.39 is 0 Å². The first-order valence-electron chi connectivity index (χ1n) is 4.90. The van der Waals surface area contributed by atoms with Crippen molar-refractivity contribution in [3.63, 3.8) is 0 Å². The van der Waals surface area contributed by atoms with E-state index in [2.05, 4.69) is 15.9 Å². The molecule has 0 radical (unpaired) electrons. The van der Waals surface area contributed by atoms with Crippen LogP contribution >= 0.6 is 15.9 Å². The summed E-state index contributed by atoms with van der Waals surface area (Å²) in [6, 6.07) is 5.26. The summed E-state index contributed by atoms with van der Waals surface area (Å²) in [5.41, 5.74) is 0.507. The Hall–Kier alpha value is -0.910. The molecule has 0 N–H and O–H groups in total. The van der Waals surface area contributed by atoms with Crippen LogP contribution in [0.3, 0.4) is 0 Å². The Morgan fingerprint density at radius 1 is 1.44 bits per heavy atom. The largest absolute Gasteiger partial charge is 0.488 e. The minimum absolute atomic E-state index is 0.294. The van der Waals surface area contributed by atoms with Crippen molar-refractivity contribution in [2.75, 3.05) is 19.8 Å². The molecule has 0 amide bonds. The summed E-state index contributed by atoms with van der Waals surface area (Å²) in [5, 5.41) is 0. The molecular weight excluding hydrogens is 276 g/mol. The lowest BCUT2D eigenvalue weighted by molar-refractivity contribution is -0.0684. The van der Waals surface area contributed by atoms with Crippen molar-refractivity contribution in [3.05, 3.63) is 28.2 Å². The number of hydrogen-bond donors (Lipinski definition) is 0. The third kappa shape index (κ3) is 2.81. The van der Waals surface area contributed by atoms with Crippen LogP contribution in [0.25, 0.3) is 0 Å². The third-order valence-corrected chi connectivity index (χ3v) is 2.66. The quantitative estimate of drug-likeness (QED) is 0.795. The molecule has 0 aromatic heterocycles. The number of ether oxygens (including phenoxy) is 3. The topological polar surface area (TPSA) is 44.8 Å². The number of halogens is 1. The number of carbonyl (C=O) groups excluding carboxylic acids is 1. The van der Waals surface area contributed by atoms with E-state index in [1.165, 1.54) is 0 Å². The third-order valence-electron chi connectivity index (χ3n) is 2.16. The van der Waals surface area contributed by atoms with Gasteiger partial charge in [0.1, 0.15) is 12.4 Å². The lowest BCUT2D eigenvalue weighted by Gasteiger charge is -2.12. The fraction of sp³-hybridized carbons (Fsp3) is 0.364. The first-order chi connectivity index (χ1) is 7.79. The van der Waals surface area contributed by atoms with Crippen LogP contribution in [0.2, 0.25) is 0 Å². The lowest BCUT2D eigenvalue weighted by Crippen LogP contribution is -2.18. The molecule has 16 heavy (non-hydrogen) atoms. The molecule has 0 atom stereocenters. The predicted octanol–water partition coefficient (Wildman–Crippen LogP) is 2.01. The van der Waals surface area contributed by atoms with Gasteiger partial charge in [0.15, 0.2) is 12.6 Å². The Kier molecular flexibility index (Phi) is 3.93. The molecule has 0 spiro atoms. The maximum absolute atomic E-state index is 10.8. The first-order valence-corrected chi connectivity index (χ1v) is 5.69. The average molecular weight is 287 g/mol. The van der Waals surface area contributed by atoms with Crippen molar-refractivity contribution < 1.29 is 19.0 Å². The van der Waals surface area contributed by atoms with Crippen LogP contribution in [0.4, 0.5) is 0 Å². The van der Waals surface area contributed by atoms with Crippen LogP contribution in [0, 0.1) is 0 Å². The molecule has 1 aromatic rings. The number of rotatable bonds is 4. The highest BCUT2D eigenvalue weighted by Crippen LogP contribution is 2.22. The molecule has 1 aromatic carbocycles. The molecule has 86 valence electrons. The van der Waals surface area contributed by atoms with E-state index in [9.17, 15) is 4.79 Å². The summed E-state index contributed by atoms with van der Waals surface area (Å²) >= 11 is 3.29. The van der Waals surface area contributed by atoms with Gasteiger partial charge in [-0.3, -0.25) is 4.79 Å². The Morgan fingerprint density at radius 3 is 2.88 bits per heavy atom. The van der Waals surface area contributed by atoms with E-state index in [0.717, 1.165) is 10.8 Å². The van der Waals surface area contributed by atoms with Gasteiger partial charge in [-0.15, -0.1) is 0 Å². The van der Waals surface area contributed by atoms with E-state index in [-0.39, 0.29) is 6.29 Å². The predicted molar refractivity (Wildman–Crippen MR) is 60.7 cm³/mol. The van der Waals surface area contributed by atoms with Gasteiger partial charge in [-0.1, -0.05) is 15.9 Å². The van der Waals surface area contributed by atoms with Gasteiger partial charge in [-0.25, -0.2) is 0 Å². The fourth-order valence-electron chi connectivity index (χ4n) is 1.40. The van der Waals surface area contributed by atoms with Crippen molar-refractivity contribution in [3.8, 4) is 5.75 Å². The zero-order valence-corrected chi connectivity index (χ0v) is 10.1. The summed E-state index contributed by atoms with van der Waals surface area (Å²) in [7, 11) is 0. The lowest BCUT2D eigenvalue weighted by atomic mass is 10.2. The minimum atomic E-state index is -0.330. The molecule has 0 unspecified atom stereocenters. The van der Waals surface area contributed by atoms with Gasteiger partial charge < -0.3 is 14.2 Å². The number of hydrogen-bond acceptors (Lipinski definition) is 4. The van der Waals surface area contributed by atoms with Crippen molar-refractivity contribution >= 4 is 22.2 Å². The number of benzene rings is 1. The van der Waals surface area contributed by atoms with Crippen molar-refractivity contribution in [1.29, 1.82) is 0 Å². The molecule has 1 aliphatic rings. The van der Waals surface area contributed by atoms with Crippen LogP contribution in [-0.4, -0.2) is 32.4 Å². The molecule has 1 saturated heterocycles. The van der Waals surface area contributed by atoms with Crippen molar-refractivity contribution in [2.45, 2.75) is 6.29 Å². The van der Waals surface area contributed by atoms with E-state index in [0.29, 0.717) is 31.1 Å². The van der Waals surface area contributed by atoms with Gasteiger partial charge in [-0.05, 0) is 18.2 Å². The summed E-state index contributed by atoms with van der Waals surface area (Å²) < 4.78 is 16.8. The second-order valence-electron chi connectivity index (χ2n) is 3.28. The van der Waals surface area contributed by atoms with E-state index in [1.54, 1.807) is 12.1 Å². The van der Waals surface area contributed by atoms with Gasteiger partial charge in [0.05, 0.1) is 18.8 Å². The molecule has 1 heterocycles. The Bertz CT molecular complexity index is 374. The summed E-state index contributed by atoms with van der Waals surface area (Å²) in [6.45, 7) is 1.48. The normalized spacial score (nSPS) is 16.3. The maximum Gasteiger partial charge on any atom is 0.191 e. The SMILES string of the molecule is O=Cc1cc(Br)ccc1OCC1OCCO1. The highest BCUT2D eigenvalue weighted by Gasteiger charge is 2.17. The van der Waals surface area contributed by atoms with Crippen molar-refractivity contribution in [1.82, 2.24) is 0 Å². The molecular formula is C11H11BrO4. The molecule has 0 bridgehead atoms. The maximum atomic E-state index is 10.8. The molecule has 5 heteroatoms. The summed E-state index contributed by atoms with van der Waals surface area (Å²) in [4.78, 5) is 10.8. The minimum Gasteiger partial charge on any atom is -0.488 e. The van der Waals surface area contributed by atoms with E-state index >= 15 is 0 Å². The monoisotopic (exact) mass is 286 g/mol. The van der Waals surface area contributed by atoms with Crippen LogP contribution in [0.1, 0.15) is 10.4 Å². The Morgan fingerprint density at radius 2 is 2.19 bits per heavy atom. The molecule has 2 rings (SSSR count). The van der Waals surface area contributed by atoms with Gasteiger partial charge >= 0.3 is 0 Å². The average Bonchev–Trinajstić information content (AvgIpc) is 2.80. The highest BCUT2D eigenvalue weighted by atomic mass is 79.9. The summed E-state index contributed by atoms with van der Waals surface area (Å²) in [6.07, 6.45) is 0.430. The molecule has 1 fully saturated rings. The second kappa shape index (κ2) is 5.43. The van der Waals surface area contributed by atoms with Crippen molar-refractivity contribution in [2.24, 2.45) is 0 Å². The smallest absolute Gasteiger partial charge is 0.191 e. The number of carbonyl (C=O) groups is 1. The molecule has 1 aliphatic heterocycles. The van der Waals surface area contributed by atoms with Crippen LogP contribution in [0.15, 0.2) is 22.7 Å². The standard InChI is InChI=1S/C11H11BrO4/c12-9-1-2-10(8(5-9)6-13)16-7-11-14-3-4-15-11/h1-2,5-6,11H,3-4,7H2. The van der Waals surface area contributed by atoms with Gasteiger partial charge in [0.2, 0.25) is 0 Å². The molecule has 0 saturated carbocycles. The fourth-order valence-corrected chi connectivity index (χ4v) is 1.78. The molecule has 0 aliphatic carbocycles. The Labute approximate surface area is 102 Å². The highest BCUT2D eigenvalue weighted by molar-refractivity contribution is 9.10. The number of aldehydes is 1. The van der Waals surface area contributed by atoms with Crippen LogP contribution < -0.4 is 4.74 Å². The zero-order chi connectivity index (χ0) is 11.4. The Balaban J connectivity index is 1.99. The van der Waals surface area contributed by atoms with E-state index in [1.807, 2.05) is 6.07 Å². The second-order valence-corrected chi connectivity index (χ2v) is 4.20. The van der Waals surface area contributed by atoms with Crippen LogP contribution in [-0.2, 0) is 9.47 Å². The van der Waals surface area contributed by atoms with Gasteiger partial charge in [0, 0.05) is 4.47 Å². The zero-order valence-electron chi connectivity index (χ0n) is 8.52. The summed E-state index contributed by atoms with van der Waals surface area (Å²) in [5.74, 6) is 0.539. The van der Waals surface area contributed by atoms with Crippen LogP contribution in [0.5, 0.6) is 5.75 Å².